The maximum atomic E-state index is 6.54. The van der Waals surface area contributed by atoms with Crippen molar-refractivity contribution in [3.8, 4) is 34.1 Å². The number of hydrogen-bond donors (Lipinski definition) is 0. The van der Waals surface area contributed by atoms with Crippen LogP contribution >= 0.6 is 0 Å². The number of aromatic nitrogens is 4. The smallest absolute Gasteiger partial charge is 0.137 e. The molecule has 0 saturated carbocycles. The Kier molecular flexibility index (Phi) is 7.25. The fourth-order valence-electron chi connectivity index (χ4n) is 6.37. The van der Waals surface area contributed by atoms with Crippen LogP contribution in [-0.4, -0.2) is 19.3 Å². The lowest BCUT2D eigenvalue weighted by Gasteiger charge is -2.16. The van der Waals surface area contributed by atoms with E-state index in [1.165, 1.54) is 27.5 Å². The maximum Gasteiger partial charge on any atom is 0.137 e. The molecule has 45 heavy (non-hydrogen) atoms. The first-order valence-electron chi connectivity index (χ1n) is 15.7. The summed E-state index contributed by atoms with van der Waals surface area (Å²) in [6, 6.07) is 36.0. The first-order chi connectivity index (χ1) is 21.8. The summed E-state index contributed by atoms with van der Waals surface area (Å²) in [5.74, 6) is 3.45. The lowest BCUT2D eigenvalue weighted by Crippen LogP contribution is -2.02. The Morgan fingerprint density at radius 1 is 0.689 bits per heavy atom. The molecule has 7 rings (SSSR count). The van der Waals surface area contributed by atoms with E-state index in [1.54, 1.807) is 0 Å². The molecule has 0 aliphatic heterocycles. The molecule has 0 spiro atoms. The highest BCUT2D eigenvalue weighted by atomic mass is 16.5. The van der Waals surface area contributed by atoms with E-state index in [4.69, 9.17) is 14.8 Å². The van der Waals surface area contributed by atoms with Crippen LogP contribution in [-0.2, 0) is 0 Å². The molecule has 1 unspecified atom stereocenters. The van der Waals surface area contributed by atoms with Gasteiger partial charge < -0.3 is 4.74 Å². The Morgan fingerprint density at radius 3 is 2.27 bits per heavy atom. The van der Waals surface area contributed by atoms with E-state index in [9.17, 15) is 0 Å². The van der Waals surface area contributed by atoms with Gasteiger partial charge in [-0.2, -0.15) is 5.10 Å². The number of benzene rings is 4. The molecule has 0 aliphatic carbocycles. The Labute approximate surface area is 264 Å². The highest BCUT2D eigenvalue weighted by molar-refractivity contribution is 6.09. The van der Waals surface area contributed by atoms with E-state index in [2.05, 4.69) is 125 Å². The number of rotatable bonds is 7. The Balaban J connectivity index is 1.30. The van der Waals surface area contributed by atoms with E-state index >= 15 is 0 Å². The highest BCUT2D eigenvalue weighted by Crippen LogP contribution is 2.38. The van der Waals surface area contributed by atoms with Crippen LogP contribution in [0.3, 0.4) is 0 Å². The van der Waals surface area contributed by atoms with Gasteiger partial charge in [0, 0.05) is 40.4 Å². The van der Waals surface area contributed by atoms with Gasteiger partial charge in [-0.3, -0.25) is 4.57 Å². The summed E-state index contributed by atoms with van der Waals surface area (Å²) in [7, 11) is 0. The zero-order chi connectivity index (χ0) is 31.2. The van der Waals surface area contributed by atoms with Crippen molar-refractivity contribution in [2.75, 3.05) is 0 Å². The molecule has 0 bridgehead atoms. The number of nitrogens with zero attached hydrogens (tertiary/aromatic N) is 4. The van der Waals surface area contributed by atoms with Gasteiger partial charge in [-0.25, -0.2) is 9.67 Å². The monoisotopic (exact) mass is 590 g/mol. The summed E-state index contributed by atoms with van der Waals surface area (Å²) in [4.78, 5) is 4.78. The predicted octanol–water partition coefficient (Wildman–Crippen LogP) is 10.5. The largest absolute Gasteiger partial charge is 0.457 e. The number of ether oxygens (including phenoxy) is 1. The van der Waals surface area contributed by atoms with Crippen molar-refractivity contribution in [3.05, 3.63) is 132 Å². The van der Waals surface area contributed by atoms with Crippen LogP contribution in [0, 0.1) is 26.7 Å². The minimum Gasteiger partial charge on any atom is -0.457 e. The molecular formula is C40H38N4O. The molecule has 7 aromatic rings. The lowest BCUT2D eigenvalue weighted by molar-refractivity contribution is 0.483. The van der Waals surface area contributed by atoms with Crippen LogP contribution in [0.4, 0.5) is 0 Å². The Morgan fingerprint density at radius 2 is 1.49 bits per heavy atom. The van der Waals surface area contributed by atoms with Gasteiger partial charge in [-0.1, -0.05) is 63.2 Å². The van der Waals surface area contributed by atoms with E-state index in [1.807, 2.05) is 35.1 Å². The summed E-state index contributed by atoms with van der Waals surface area (Å²) in [6.07, 6.45) is 1.88. The van der Waals surface area contributed by atoms with Crippen LogP contribution in [0.2, 0.25) is 0 Å². The normalized spacial score (nSPS) is 12.3. The van der Waals surface area contributed by atoms with Crippen molar-refractivity contribution in [1.29, 1.82) is 0 Å². The third-order valence-electron chi connectivity index (χ3n) is 9.07. The van der Waals surface area contributed by atoms with Crippen molar-refractivity contribution in [1.82, 2.24) is 19.3 Å². The molecule has 3 heterocycles. The molecule has 0 amide bonds. The third-order valence-corrected chi connectivity index (χ3v) is 9.07. The van der Waals surface area contributed by atoms with Gasteiger partial charge in [0.25, 0.3) is 0 Å². The van der Waals surface area contributed by atoms with E-state index in [-0.39, 0.29) is 0 Å². The minimum atomic E-state index is 0.464. The van der Waals surface area contributed by atoms with E-state index in [0.717, 1.165) is 51.0 Å². The van der Waals surface area contributed by atoms with Crippen molar-refractivity contribution in [2.24, 2.45) is 5.92 Å². The van der Waals surface area contributed by atoms with Gasteiger partial charge >= 0.3 is 0 Å². The number of fused-ring (bicyclic) bond motifs is 3. The summed E-state index contributed by atoms with van der Waals surface area (Å²) < 4.78 is 10.8. The first kappa shape index (κ1) is 28.6. The third kappa shape index (κ3) is 5.18. The Bertz CT molecular complexity index is 2170. The fraction of sp³-hybridized carbons (Fsp3) is 0.200. The average molecular weight is 591 g/mol. The van der Waals surface area contributed by atoms with Gasteiger partial charge in [0.2, 0.25) is 0 Å². The van der Waals surface area contributed by atoms with Crippen molar-refractivity contribution < 1.29 is 4.74 Å². The zero-order valence-corrected chi connectivity index (χ0v) is 26.7. The molecular weight excluding hydrogens is 552 g/mol. The van der Waals surface area contributed by atoms with Crippen molar-refractivity contribution in [2.45, 2.75) is 47.5 Å². The molecule has 0 fully saturated rings. The summed E-state index contributed by atoms with van der Waals surface area (Å²) in [5, 5.41) is 7.31. The van der Waals surface area contributed by atoms with Crippen LogP contribution in [0.1, 0.15) is 49.2 Å². The second kappa shape index (κ2) is 11.4. The molecule has 3 aromatic heterocycles. The van der Waals surface area contributed by atoms with Gasteiger partial charge in [0.15, 0.2) is 0 Å². The minimum absolute atomic E-state index is 0.464. The average Bonchev–Trinajstić information content (AvgIpc) is 3.53. The van der Waals surface area contributed by atoms with E-state index in [0.29, 0.717) is 11.8 Å². The highest BCUT2D eigenvalue weighted by Gasteiger charge is 2.18. The predicted molar refractivity (Wildman–Crippen MR) is 185 cm³/mol. The Hall–Kier alpha value is -5.16. The fourth-order valence-corrected chi connectivity index (χ4v) is 6.37. The molecule has 224 valence electrons. The van der Waals surface area contributed by atoms with Gasteiger partial charge in [-0.05, 0) is 97.8 Å². The quantitative estimate of drug-likeness (QED) is 0.185. The molecule has 0 aliphatic rings. The number of hydrogen-bond acceptors (Lipinski definition) is 3. The van der Waals surface area contributed by atoms with Crippen LogP contribution in [0.25, 0.3) is 44.4 Å². The van der Waals surface area contributed by atoms with Crippen LogP contribution < -0.4 is 4.74 Å². The van der Waals surface area contributed by atoms with Crippen LogP contribution in [0.15, 0.2) is 109 Å². The molecule has 0 N–H and O–H groups in total. The van der Waals surface area contributed by atoms with Gasteiger partial charge in [0.1, 0.15) is 17.3 Å². The molecule has 0 saturated heterocycles. The lowest BCUT2D eigenvalue weighted by atomic mass is 9.89. The molecule has 0 radical (unpaired) electrons. The summed E-state index contributed by atoms with van der Waals surface area (Å²) >= 11 is 0. The van der Waals surface area contributed by atoms with Gasteiger partial charge in [0.05, 0.1) is 22.4 Å². The van der Waals surface area contributed by atoms with E-state index < -0.39 is 0 Å². The summed E-state index contributed by atoms with van der Waals surface area (Å²) in [5.41, 5.74) is 10.1. The topological polar surface area (TPSA) is 44.9 Å². The van der Waals surface area contributed by atoms with Crippen molar-refractivity contribution in [3.63, 3.8) is 0 Å². The zero-order valence-electron chi connectivity index (χ0n) is 26.7. The second-order valence-electron chi connectivity index (χ2n) is 12.4. The molecule has 1 atom stereocenters. The maximum absolute atomic E-state index is 6.54. The summed E-state index contributed by atoms with van der Waals surface area (Å²) in [6.45, 7) is 13.2. The second-order valence-corrected chi connectivity index (χ2v) is 12.4. The van der Waals surface area contributed by atoms with Gasteiger partial charge in [-0.15, -0.1) is 0 Å². The molecule has 5 heteroatoms. The van der Waals surface area contributed by atoms with Crippen LogP contribution in [0.5, 0.6) is 11.5 Å². The SMILES string of the molecule is Cc1ccnc(-n2c3ccc(C(C)C(C)C)cc3c3ccc(Oc4cccc(-n5nc(C)c(-c6ccccc6)c5C)c4)cc32)c1. The van der Waals surface area contributed by atoms with Crippen molar-refractivity contribution >= 4 is 21.8 Å². The molecule has 4 aromatic carbocycles. The first-order valence-corrected chi connectivity index (χ1v) is 15.7. The molecule has 5 nitrogen and oxygen atoms in total. The standard InChI is InChI=1S/C40H38N4O/c1-25(2)27(4)31-15-18-37-36(22-31)35-17-16-34(24-38(35)43(37)39-21-26(3)19-20-41-39)45-33-14-10-13-32(23-33)44-29(6)40(28(5)42-44)30-11-8-7-9-12-30/h7-25,27H,1-6H3. The number of aryl methyl sites for hydroxylation is 2. The number of pyridine rings is 1.